The highest BCUT2D eigenvalue weighted by molar-refractivity contribution is 5.84. The summed E-state index contributed by atoms with van der Waals surface area (Å²) in [6.45, 7) is 14.4. The molecule has 1 aliphatic heterocycles. The molecular formula is C33H36N4. The van der Waals surface area contributed by atoms with E-state index in [0.29, 0.717) is 6.42 Å². The Balaban J connectivity index is 1.61. The molecule has 2 aromatic carbocycles. The third-order valence-corrected chi connectivity index (χ3v) is 7.14. The summed E-state index contributed by atoms with van der Waals surface area (Å²) in [4.78, 5) is 13.6. The molecule has 188 valence electrons. The van der Waals surface area contributed by atoms with Gasteiger partial charge in [0.1, 0.15) is 0 Å². The van der Waals surface area contributed by atoms with Crippen LogP contribution in [0.2, 0.25) is 0 Å². The van der Waals surface area contributed by atoms with Gasteiger partial charge in [-0.2, -0.15) is 0 Å². The smallest absolute Gasteiger partial charge is 0.0791 e. The van der Waals surface area contributed by atoms with Crippen molar-refractivity contribution in [3.05, 3.63) is 127 Å². The molecule has 0 unspecified atom stereocenters. The number of nitrogens with zero attached hydrogens (tertiary/aromatic N) is 4. The van der Waals surface area contributed by atoms with Gasteiger partial charge in [0.15, 0.2) is 0 Å². The second-order valence-electron chi connectivity index (χ2n) is 10.0. The van der Waals surface area contributed by atoms with Gasteiger partial charge in [0.25, 0.3) is 0 Å². The minimum absolute atomic E-state index is 0.0667. The Morgan fingerprint density at radius 3 is 2.46 bits per heavy atom. The Hall–Kier alpha value is -4.18. The van der Waals surface area contributed by atoms with Crippen molar-refractivity contribution in [3.63, 3.8) is 0 Å². The highest BCUT2D eigenvalue weighted by atomic mass is 15.2. The summed E-state index contributed by atoms with van der Waals surface area (Å²) in [6.07, 6.45) is 12.6. The van der Waals surface area contributed by atoms with Crippen molar-refractivity contribution in [2.24, 2.45) is 4.99 Å². The van der Waals surface area contributed by atoms with E-state index in [1.807, 2.05) is 54.8 Å². The van der Waals surface area contributed by atoms with Crippen molar-refractivity contribution < 1.29 is 0 Å². The third kappa shape index (κ3) is 5.64. The predicted octanol–water partition coefficient (Wildman–Crippen LogP) is 7.88. The van der Waals surface area contributed by atoms with Gasteiger partial charge < -0.3 is 9.80 Å². The molecule has 4 nitrogen and oxygen atoms in total. The Morgan fingerprint density at radius 2 is 1.76 bits per heavy atom. The normalized spacial score (nSPS) is 15.3. The van der Waals surface area contributed by atoms with E-state index in [2.05, 4.69) is 99.4 Å². The minimum Gasteiger partial charge on any atom is -0.349 e. The summed E-state index contributed by atoms with van der Waals surface area (Å²) >= 11 is 0. The number of dihydropyridines is 1. The molecule has 3 aromatic rings. The largest absolute Gasteiger partial charge is 0.349 e. The number of aromatic nitrogens is 1. The number of pyridine rings is 1. The maximum Gasteiger partial charge on any atom is 0.0791 e. The first-order valence-corrected chi connectivity index (χ1v) is 12.6. The van der Waals surface area contributed by atoms with E-state index >= 15 is 0 Å². The van der Waals surface area contributed by atoms with Crippen LogP contribution in [0.4, 0.5) is 5.69 Å². The summed E-state index contributed by atoms with van der Waals surface area (Å²) in [7, 11) is 4.11. The van der Waals surface area contributed by atoms with Gasteiger partial charge in [-0.1, -0.05) is 62.9 Å². The molecule has 4 heteroatoms. The molecule has 1 aliphatic rings. The van der Waals surface area contributed by atoms with Gasteiger partial charge in [-0.3, -0.25) is 9.98 Å². The Morgan fingerprint density at radius 1 is 1.03 bits per heavy atom. The van der Waals surface area contributed by atoms with E-state index in [0.717, 1.165) is 44.8 Å². The SMILES string of the molecule is C=CN(C)C1=C(N(C)c2ccc(C(C)(C)C=C)cc2)C/C(=C\C=C(/C)c2cnc3ccccc3c2)N=C1. The molecule has 0 fully saturated rings. The van der Waals surface area contributed by atoms with E-state index in [1.54, 1.807) is 0 Å². The van der Waals surface area contributed by atoms with Crippen molar-refractivity contribution in [3.8, 4) is 0 Å². The van der Waals surface area contributed by atoms with Crippen LogP contribution in [0.1, 0.15) is 38.3 Å². The number of fused-ring (bicyclic) bond motifs is 1. The third-order valence-electron chi connectivity index (χ3n) is 7.14. The fourth-order valence-electron chi connectivity index (χ4n) is 4.30. The summed E-state index contributed by atoms with van der Waals surface area (Å²) < 4.78 is 0. The number of aliphatic imine (C=N–C) groups is 1. The number of hydrogen-bond donors (Lipinski definition) is 0. The second-order valence-corrected chi connectivity index (χ2v) is 10.0. The van der Waals surface area contributed by atoms with Crippen molar-refractivity contribution in [1.29, 1.82) is 0 Å². The molecule has 0 aliphatic carbocycles. The summed E-state index contributed by atoms with van der Waals surface area (Å²) in [6, 6.07) is 19.1. The lowest BCUT2D eigenvalue weighted by Gasteiger charge is -2.31. The lowest BCUT2D eigenvalue weighted by molar-refractivity contribution is 0.586. The van der Waals surface area contributed by atoms with Crippen LogP contribution >= 0.6 is 0 Å². The molecule has 0 N–H and O–H groups in total. The minimum atomic E-state index is -0.0667. The lowest BCUT2D eigenvalue weighted by Crippen LogP contribution is -2.26. The molecule has 1 aromatic heterocycles. The van der Waals surface area contributed by atoms with Crippen molar-refractivity contribution in [1.82, 2.24) is 9.88 Å². The van der Waals surface area contributed by atoms with Gasteiger partial charge in [0.2, 0.25) is 0 Å². The summed E-state index contributed by atoms with van der Waals surface area (Å²) in [5.41, 5.74) is 8.76. The first-order valence-electron chi connectivity index (χ1n) is 12.6. The average Bonchev–Trinajstić information content (AvgIpc) is 2.94. The van der Waals surface area contributed by atoms with Gasteiger partial charge in [-0.25, -0.2) is 0 Å². The standard InChI is InChI=1S/C33H36N4/c1-8-33(4,5)27-15-18-29(19-16-27)37(7)31-21-28(34-23-32(31)36(6)9-2)17-14-24(3)26-20-25-12-10-11-13-30(25)35-22-26/h8-20,22-23H,1-2,21H2,3-7H3/b24-14+,28-17+. The zero-order valence-electron chi connectivity index (χ0n) is 22.6. The number of anilines is 1. The van der Waals surface area contributed by atoms with Gasteiger partial charge in [-0.05, 0) is 60.2 Å². The molecule has 2 heterocycles. The molecule has 0 saturated heterocycles. The van der Waals surface area contributed by atoms with Gasteiger partial charge in [0.05, 0.1) is 17.4 Å². The number of rotatable bonds is 8. The highest BCUT2D eigenvalue weighted by Crippen LogP contribution is 2.31. The molecule has 0 bridgehead atoms. The fraction of sp³-hybridized carbons (Fsp3) is 0.212. The van der Waals surface area contributed by atoms with Crippen LogP contribution < -0.4 is 4.90 Å². The second kappa shape index (κ2) is 10.8. The molecular weight excluding hydrogens is 452 g/mol. The predicted molar refractivity (Wildman–Crippen MR) is 160 cm³/mol. The van der Waals surface area contributed by atoms with Crippen molar-refractivity contribution in [2.45, 2.75) is 32.6 Å². The summed E-state index contributed by atoms with van der Waals surface area (Å²) in [5, 5.41) is 1.14. The zero-order valence-corrected chi connectivity index (χ0v) is 22.6. The molecule has 0 saturated carbocycles. The van der Waals surface area contributed by atoms with Crippen LogP contribution in [0.3, 0.4) is 0 Å². The number of benzene rings is 2. The van der Waals surface area contributed by atoms with E-state index < -0.39 is 0 Å². The highest BCUT2D eigenvalue weighted by Gasteiger charge is 2.21. The Bertz CT molecular complexity index is 1430. The topological polar surface area (TPSA) is 31.7 Å². The van der Waals surface area contributed by atoms with Crippen LogP contribution in [0.25, 0.3) is 16.5 Å². The van der Waals surface area contributed by atoms with Gasteiger partial charge in [-0.15, -0.1) is 6.58 Å². The Kier molecular flexibility index (Phi) is 7.58. The summed E-state index contributed by atoms with van der Waals surface area (Å²) in [5.74, 6) is 0. The van der Waals surface area contributed by atoms with E-state index in [9.17, 15) is 0 Å². The van der Waals surface area contributed by atoms with E-state index in [-0.39, 0.29) is 5.41 Å². The maximum absolute atomic E-state index is 4.77. The van der Waals surface area contributed by atoms with Crippen LogP contribution in [0.5, 0.6) is 0 Å². The molecule has 0 spiro atoms. The molecule has 0 radical (unpaired) electrons. The van der Waals surface area contributed by atoms with E-state index in [1.165, 1.54) is 5.56 Å². The van der Waals surface area contributed by atoms with Crippen molar-refractivity contribution >= 4 is 28.4 Å². The number of para-hydroxylation sites is 1. The number of hydrogen-bond acceptors (Lipinski definition) is 4. The molecule has 0 amide bonds. The fourth-order valence-corrected chi connectivity index (χ4v) is 4.30. The lowest BCUT2D eigenvalue weighted by atomic mass is 9.85. The van der Waals surface area contributed by atoms with Gasteiger partial charge >= 0.3 is 0 Å². The van der Waals surface area contributed by atoms with E-state index in [4.69, 9.17) is 4.99 Å². The van der Waals surface area contributed by atoms with Crippen LogP contribution in [0, 0.1) is 0 Å². The molecule has 0 atom stereocenters. The zero-order chi connectivity index (χ0) is 26.6. The Labute approximate surface area is 221 Å². The van der Waals surface area contributed by atoms with Gasteiger partial charge in [0, 0.05) is 54.6 Å². The molecule has 37 heavy (non-hydrogen) atoms. The quantitative estimate of drug-likeness (QED) is 0.302. The number of allylic oxidation sites excluding steroid dienone is 5. The van der Waals surface area contributed by atoms with Crippen LogP contribution in [0.15, 0.2) is 120 Å². The first-order chi connectivity index (χ1) is 17.7. The van der Waals surface area contributed by atoms with Crippen LogP contribution in [-0.4, -0.2) is 30.2 Å². The monoisotopic (exact) mass is 488 g/mol. The average molecular weight is 489 g/mol. The van der Waals surface area contributed by atoms with Crippen LogP contribution in [-0.2, 0) is 5.41 Å². The molecule has 4 rings (SSSR count). The maximum atomic E-state index is 4.77. The first kappa shape index (κ1) is 25.9. The van der Waals surface area contributed by atoms with Crippen molar-refractivity contribution in [2.75, 3.05) is 19.0 Å².